The second-order valence-electron chi connectivity index (χ2n) is 4.58. The minimum atomic E-state index is -0.908. The van der Waals surface area contributed by atoms with Gasteiger partial charge in [0.25, 0.3) is 5.91 Å². The predicted octanol–water partition coefficient (Wildman–Crippen LogP) is 0.809. The van der Waals surface area contributed by atoms with Gasteiger partial charge in [-0.05, 0) is 36.4 Å². The number of halogens is 1. The monoisotopic (exact) mass is 367 g/mol. The lowest BCUT2D eigenvalue weighted by Gasteiger charge is -2.05. The second-order valence-corrected chi connectivity index (χ2v) is 5.02. The van der Waals surface area contributed by atoms with Crippen LogP contribution in [-0.4, -0.2) is 51.4 Å². The van der Waals surface area contributed by atoms with Crippen LogP contribution >= 0.6 is 11.6 Å². The summed E-state index contributed by atoms with van der Waals surface area (Å²) in [4.78, 5) is 35.0. The van der Waals surface area contributed by atoms with Crippen molar-refractivity contribution >= 4 is 29.6 Å². The SMILES string of the molecule is CCOC(=O)NC(=O)COC(=O)Cn1nnc(-c2ccc(Cl)cc2)n1. The third-order valence-corrected chi connectivity index (χ3v) is 2.96. The molecule has 25 heavy (non-hydrogen) atoms. The van der Waals surface area contributed by atoms with Crippen molar-refractivity contribution in [2.75, 3.05) is 13.2 Å². The number of hydrogen-bond donors (Lipinski definition) is 1. The van der Waals surface area contributed by atoms with Crippen molar-refractivity contribution in [2.24, 2.45) is 0 Å². The van der Waals surface area contributed by atoms with Gasteiger partial charge in [0.1, 0.15) is 0 Å². The molecule has 132 valence electrons. The molecule has 2 rings (SSSR count). The highest BCUT2D eigenvalue weighted by molar-refractivity contribution is 6.30. The van der Waals surface area contributed by atoms with Gasteiger partial charge in [-0.1, -0.05) is 11.6 Å². The number of tetrazole rings is 1. The van der Waals surface area contributed by atoms with E-state index >= 15 is 0 Å². The minimum absolute atomic E-state index is 0.118. The first kappa shape index (κ1) is 18.3. The molecule has 0 aliphatic rings. The van der Waals surface area contributed by atoms with E-state index in [1.165, 1.54) is 0 Å². The molecule has 0 saturated heterocycles. The molecule has 0 radical (unpaired) electrons. The first-order chi connectivity index (χ1) is 12.0. The summed E-state index contributed by atoms with van der Waals surface area (Å²) in [7, 11) is 0. The summed E-state index contributed by atoms with van der Waals surface area (Å²) in [6.07, 6.45) is -0.908. The number of nitrogens with zero attached hydrogens (tertiary/aromatic N) is 4. The van der Waals surface area contributed by atoms with Crippen LogP contribution in [0.2, 0.25) is 5.02 Å². The summed E-state index contributed by atoms with van der Waals surface area (Å²) in [6.45, 7) is 0.740. The van der Waals surface area contributed by atoms with E-state index in [1.54, 1.807) is 31.2 Å². The fourth-order valence-corrected chi connectivity index (χ4v) is 1.77. The van der Waals surface area contributed by atoms with Crippen LogP contribution in [0.25, 0.3) is 11.4 Å². The van der Waals surface area contributed by atoms with Gasteiger partial charge in [-0.2, -0.15) is 4.80 Å². The number of benzene rings is 1. The Morgan fingerprint density at radius 1 is 1.20 bits per heavy atom. The summed E-state index contributed by atoms with van der Waals surface area (Å²) < 4.78 is 9.23. The highest BCUT2D eigenvalue weighted by Gasteiger charge is 2.13. The number of alkyl carbamates (subject to hydrolysis) is 1. The number of carbonyl (C=O) groups excluding carboxylic acids is 3. The maximum absolute atomic E-state index is 11.7. The number of carbonyl (C=O) groups is 3. The van der Waals surface area contributed by atoms with E-state index in [1.807, 2.05) is 5.32 Å². The Labute approximate surface area is 147 Å². The van der Waals surface area contributed by atoms with E-state index in [0.717, 1.165) is 4.80 Å². The molecule has 2 amide bonds. The van der Waals surface area contributed by atoms with Gasteiger partial charge in [0.15, 0.2) is 13.2 Å². The van der Waals surface area contributed by atoms with Crippen LogP contribution in [0.5, 0.6) is 0 Å². The maximum Gasteiger partial charge on any atom is 0.413 e. The summed E-state index contributed by atoms with van der Waals surface area (Å²) in [5, 5.41) is 14.0. The summed E-state index contributed by atoms with van der Waals surface area (Å²) in [6, 6.07) is 6.77. The number of hydrogen-bond acceptors (Lipinski definition) is 8. The van der Waals surface area contributed by atoms with E-state index in [2.05, 4.69) is 20.1 Å². The highest BCUT2D eigenvalue weighted by Crippen LogP contribution is 2.16. The molecule has 0 atom stereocenters. The zero-order valence-corrected chi connectivity index (χ0v) is 13.9. The fraction of sp³-hybridized carbons (Fsp3) is 0.286. The van der Waals surface area contributed by atoms with Crippen LogP contribution in [0.4, 0.5) is 4.79 Å². The average molecular weight is 368 g/mol. The third-order valence-electron chi connectivity index (χ3n) is 2.71. The predicted molar refractivity (Wildman–Crippen MR) is 84.4 cm³/mol. The van der Waals surface area contributed by atoms with Crippen molar-refractivity contribution in [1.29, 1.82) is 0 Å². The Kier molecular flexibility index (Phi) is 6.40. The Hall–Kier alpha value is -3.01. The van der Waals surface area contributed by atoms with E-state index in [4.69, 9.17) is 16.3 Å². The van der Waals surface area contributed by atoms with E-state index < -0.39 is 24.6 Å². The lowest BCUT2D eigenvalue weighted by molar-refractivity contribution is -0.149. The number of nitrogens with one attached hydrogen (secondary N) is 1. The number of ether oxygens (including phenoxy) is 2. The molecular weight excluding hydrogens is 354 g/mol. The first-order valence-electron chi connectivity index (χ1n) is 7.14. The Morgan fingerprint density at radius 2 is 1.92 bits per heavy atom. The summed E-state index contributed by atoms with van der Waals surface area (Å²) >= 11 is 5.80. The third kappa shape index (κ3) is 5.84. The molecule has 2 aromatic rings. The zero-order chi connectivity index (χ0) is 18.2. The van der Waals surface area contributed by atoms with Crippen molar-refractivity contribution in [3.8, 4) is 11.4 Å². The number of imide groups is 1. The first-order valence-corrected chi connectivity index (χ1v) is 7.51. The topological polar surface area (TPSA) is 125 Å². The standard InChI is InChI=1S/C14H14ClN5O5/c1-2-24-14(23)16-11(21)8-25-12(22)7-20-18-13(17-19-20)9-3-5-10(15)6-4-9/h3-6H,2,7-8H2,1H3,(H,16,21,23). The largest absolute Gasteiger partial charge is 0.454 e. The smallest absolute Gasteiger partial charge is 0.413 e. The molecular formula is C14H14ClN5O5. The quantitative estimate of drug-likeness (QED) is 0.743. The fourth-order valence-electron chi connectivity index (χ4n) is 1.65. The van der Waals surface area contributed by atoms with Gasteiger partial charge in [0.05, 0.1) is 6.61 Å². The Bertz CT molecular complexity index is 761. The molecule has 0 saturated carbocycles. The molecule has 0 unspecified atom stereocenters. The van der Waals surface area contributed by atoms with Crippen molar-refractivity contribution in [3.63, 3.8) is 0 Å². The average Bonchev–Trinajstić information content (AvgIpc) is 3.02. The molecule has 10 nitrogen and oxygen atoms in total. The maximum atomic E-state index is 11.7. The zero-order valence-electron chi connectivity index (χ0n) is 13.1. The summed E-state index contributed by atoms with van der Waals surface area (Å²) in [5.74, 6) is -1.26. The van der Waals surface area contributed by atoms with Crippen molar-refractivity contribution < 1.29 is 23.9 Å². The molecule has 0 aliphatic heterocycles. The van der Waals surface area contributed by atoms with Gasteiger partial charge in [-0.15, -0.1) is 10.2 Å². The van der Waals surface area contributed by atoms with Gasteiger partial charge in [-0.25, -0.2) is 9.59 Å². The normalized spacial score (nSPS) is 10.2. The lowest BCUT2D eigenvalue weighted by Crippen LogP contribution is -2.35. The summed E-state index contributed by atoms with van der Waals surface area (Å²) in [5.41, 5.74) is 0.679. The van der Waals surface area contributed by atoms with E-state index in [9.17, 15) is 14.4 Å². The second kappa shape index (κ2) is 8.73. The lowest BCUT2D eigenvalue weighted by atomic mass is 10.2. The van der Waals surface area contributed by atoms with Crippen molar-refractivity contribution in [3.05, 3.63) is 29.3 Å². The van der Waals surface area contributed by atoms with E-state index in [0.29, 0.717) is 16.4 Å². The van der Waals surface area contributed by atoms with Crippen LogP contribution < -0.4 is 5.32 Å². The van der Waals surface area contributed by atoms with Crippen molar-refractivity contribution in [2.45, 2.75) is 13.5 Å². The van der Waals surface area contributed by atoms with E-state index in [-0.39, 0.29) is 13.2 Å². The molecule has 0 bridgehead atoms. The van der Waals surface area contributed by atoms with Crippen LogP contribution in [-0.2, 0) is 25.6 Å². The van der Waals surface area contributed by atoms with Crippen LogP contribution in [0, 0.1) is 0 Å². The minimum Gasteiger partial charge on any atom is -0.454 e. The van der Waals surface area contributed by atoms with Crippen LogP contribution in [0.15, 0.2) is 24.3 Å². The van der Waals surface area contributed by atoms with Gasteiger partial charge in [0, 0.05) is 10.6 Å². The Morgan fingerprint density at radius 3 is 2.60 bits per heavy atom. The molecule has 0 aliphatic carbocycles. The number of aromatic nitrogens is 4. The molecule has 1 aromatic heterocycles. The van der Waals surface area contributed by atoms with Crippen molar-refractivity contribution in [1.82, 2.24) is 25.5 Å². The van der Waals surface area contributed by atoms with Crippen LogP contribution in [0.3, 0.4) is 0 Å². The molecule has 0 fully saturated rings. The molecule has 0 spiro atoms. The number of rotatable bonds is 6. The molecule has 1 heterocycles. The molecule has 1 aromatic carbocycles. The van der Waals surface area contributed by atoms with Gasteiger partial charge in [0.2, 0.25) is 5.82 Å². The molecule has 1 N–H and O–H groups in total. The number of amides is 2. The number of esters is 1. The van der Waals surface area contributed by atoms with Gasteiger partial charge in [-0.3, -0.25) is 10.1 Å². The molecule has 11 heteroatoms. The van der Waals surface area contributed by atoms with Crippen LogP contribution in [0.1, 0.15) is 6.92 Å². The van der Waals surface area contributed by atoms with Gasteiger partial charge >= 0.3 is 12.1 Å². The van der Waals surface area contributed by atoms with Gasteiger partial charge < -0.3 is 9.47 Å². The Balaban J connectivity index is 1.82. The highest BCUT2D eigenvalue weighted by atomic mass is 35.5.